The molecule has 3 N–H and O–H groups in total. The summed E-state index contributed by atoms with van der Waals surface area (Å²) < 4.78 is 5.78. The van der Waals surface area contributed by atoms with E-state index >= 15 is 0 Å². The summed E-state index contributed by atoms with van der Waals surface area (Å²) in [5, 5.41) is 3.87. The van der Waals surface area contributed by atoms with Crippen molar-refractivity contribution in [2.24, 2.45) is 5.73 Å². The molecule has 2 rings (SSSR count). The number of nitrogens with one attached hydrogen (secondary N) is 1. The van der Waals surface area contributed by atoms with E-state index in [2.05, 4.69) is 19.8 Å². The standard InChI is InChI=1S/C8H7N5O3/c9-7(15)16-5-4-10-8(12-6(5)14)13-3-1-2-11-13/h1-4H,(H2,9,15)(H,10,12,14). The number of hydrogen-bond acceptors (Lipinski definition) is 5. The number of carbonyl (C=O) groups excluding carboxylic acids is 1. The van der Waals surface area contributed by atoms with E-state index in [-0.39, 0.29) is 11.7 Å². The second-order valence-corrected chi connectivity index (χ2v) is 2.77. The Balaban J connectivity index is 2.37. The molecule has 0 saturated heterocycles. The molecule has 2 aromatic rings. The smallest absolute Gasteiger partial charge is 0.403 e. The maximum absolute atomic E-state index is 11.4. The van der Waals surface area contributed by atoms with Crippen molar-refractivity contribution in [1.29, 1.82) is 0 Å². The lowest BCUT2D eigenvalue weighted by atomic mass is 10.6. The number of nitrogens with two attached hydrogens (primary N) is 1. The summed E-state index contributed by atoms with van der Waals surface area (Å²) in [6, 6.07) is 1.67. The van der Waals surface area contributed by atoms with Gasteiger partial charge in [0.1, 0.15) is 0 Å². The van der Waals surface area contributed by atoms with Crippen LogP contribution >= 0.6 is 0 Å². The van der Waals surface area contributed by atoms with Gasteiger partial charge < -0.3 is 10.5 Å². The molecule has 0 bridgehead atoms. The molecular weight excluding hydrogens is 214 g/mol. The molecule has 0 saturated carbocycles. The first-order valence-electron chi connectivity index (χ1n) is 4.23. The van der Waals surface area contributed by atoms with Crippen molar-refractivity contribution in [2.45, 2.75) is 0 Å². The second-order valence-electron chi connectivity index (χ2n) is 2.77. The zero-order valence-electron chi connectivity index (χ0n) is 7.95. The number of carbonyl (C=O) groups is 1. The molecule has 8 heteroatoms. The molecule has 0 unspecified atom stereocenters. The average molecular weight is 221 g/mol. The van der Waals surface area contributed by atoms with Crippen LogP contribution in [0.25, 0.3) is 5.95 Å². The molecule has 2 heterocycles. The SMILES string of the molecule is NC(=O)Oc1cnc(-n2cccn2)[nH]c1=O. The van der Waals surface area contributed by atoms with Crippen LogP contribution in [0.2, 0.25) is 0 Å². The van der Waals surface area contributed by atoms with Gasteiger partial charge in [-0.15, -0.1) is 0 Å². The van der Waals surface area contributed by atoms with Crippen LogP contribution in [-0.2, 0) is 0 Å². The van der Waals surface area contributed by atoms with Gasteiger partial charge in [-0.25, -0.2) is 14.5 Å². The minimum absolute atomic E-state index is 0.215. The minimum Gasteiger partial charge on any atom is -0.403 e. The van der Waals surface area contributed by atoms with Gasteiger partial charge in [0.05, 0.1) is 6.20 Å². The molecular formula is C8H7N5O3. The Labute approximate surface area is 88.7 Å². The topological polar surface area (TPSA) is 116 Å². The van der Waals surface area contributed by atoms with Crippen LogP contribution in [0, 0.1) is 0 Å². The molecule has 0 atom stereocenters. The van der Waals surface area contributed by atoms with Crippen molar-refractivity contribution < 1.29 is 9.53 Å². The largest absolute Gasteiger partial charge is 0.410 e. The van der Waals surface area contributed by atoms with Gasteiger partial charge in [-0.2, -0.15) is 5.10 Å². The van der Waals surface area contributed by atoms with Gasteiger partial charge in [-0.05, 0) is 6.07 Å². The monoisotopic (exact) mass is 221 g/mol. The van der Waals surface area contributed by atoms with E-state index in [0.717, 1.165) is 6.20 Å². The molecule has 0 radical (unpaired) electrons. The third-order valence-electron chi connectivity index (χ3n) is 1.69. The second kappa shape index (κ2) is 3.85. The number of ether oxygens (including phenoxy) is 1. The zero-order chi connectivity index (χ0) is 11.5. The zero-order valence-corrected chi connectivity index (χ0v) is 7.95. The summed E-state index contributed by atoms with van der Waals surface area (Å²) in [6.07, 6.45) is 3.17. The number of aromatic nitrogens is 4. The van der Waals surface area contributed by atoms with Gasteiger partial charge in [0.25, 0.3) is 5.56 Å². The Kier molecular flexibility index (Phi) is 2.38. The van der Waals surface area contributed by atoms with Gasteiger partial charge in [-0.1, -0.05) is 0 Å². The Bertz CT molecular complexity index is 559. The number of H-pyrrole nitrogens is 1. The molecule has 0 spiro atoms. The van der Waals surface area contributed by atoms with Crippen LogP contribution < -0.4 is 16.0 Å². The normalized spacial score (nSPS) is 10.0. The number of amides is 1. The highest BCUT2D eigenvalue weighted by Crippen LogP contribution is 2.01. The maximum Gasteiger partial charge on any atom is 0.410 e. The fourth-order valence-corrected chi connectivity index (χ4v) is 1.07. The average Bonchev–Trinajstić information content (AvgIpc) is 2.73. The lowest BCUT2D eigenvalue weighted by Gasteiger charge is -2.01. The van der Waals surface area contributed by atoms with Crippen molar-refractivity contribution in [2.75, 3.05) is 0 Å². The first-order chi connectivity index (χ1) is 7.66. The van der Waals surface area contributed by atoms with E-state index in [4.69, 9.17) is 5.73 Å². The van der Waals surface area contributed by atoms with E-state index in [1.807, 2.05) is 0 Å². The first kappa shape index (κ1) is 9.90. The molecule has 0 aliphatic heterocycles. The van der Waals surface area contributed by atoms with Crippen LogP contribution in [0.4, 0.5) is 4.79 Å². The van der Waals surface area contributed by atoms with Crippen molar-refractivity contribution in [1.82, 2.24) is 19.7 Å². The van der Waals surface area contributed by atoms with E-state index in [1.165, 1.54) is 10.9 Å². The third-order valence-corrected chi connectivity index (χ3v) is 1.69. The Morgan fingerprint density at radius 2 is 2.38 bits per heavy atom. The molecule has 82 valence electrons. The van der Waals surface area contributed by atoms with Crippen molar-refractivity contribution in [3.8, 4) is 11.7 Å². The Hall–Kier alpha value is -2.64. The molecule has 16 heavy (non-hydrogen) atoms. The molecule has 1 amide bonds. The van der Waals surface area contributed by atoms with Crippen molar-refractivity contribution >= 4 is 6.09 Å². The van der Waals surface area contributed by atoms with E-state index in [1.54, 1.807) is 12.3 Å². The fraction of sp³-hybridized carbons (Fsp3) is 0. The third kappa shape index (κ3) is 1.90. The van der Waals surface area contributed by atoms with E-state index < -0.39 is 11.7 Å². The van der Waals surface area contributed by atoms with Crippen LogP contribution in [0.5, 0.6) is 5.75 Å². The summed E-state index contributed by atoms with van der Waals surface area (Å²) in [5.41, 5.74) is 4.15. The lowest BCUT2D eigenvalue weighted by Crippen LogP contribution is -2.23. The quantitative estimate of drug-likeness (QED) is 0.703. The van der Waals surface area contributed by atoms with Gasteiger partial charge in [-0.3, -0.25) is 9.78 Å². The minimum atomic E-state index is -1.07. The summed E-state index contributed by atoms with van der Waals surface area (Å²) in [4.78, 5) is 28.1. The summed E-state index contributed by atoms with van der Waals surface area (Å²) in [6.45, 7) is 0. The molecule has 0 aromatic carbocycles. The molecule has 0 aliphatic carbocycles. The van der Waals surface area contributed by atoms with Crippen LogP contribution in [0.3, 0.4) is 0 Å². The predicted octanol–water partition coefficient (Wildman–Crippen LogP) is -0.587. The van der Waals surface area contributed by atoms with Crippen LogP contribution in [0.1, 0.15) is 0 Å². The summed E-state index contributed by atoms with van der Waals surface area (Å²) in [7, 11) is 0. The van der Waals surface area contributed by atoms with E-state index in [9.17, 15) is 9.59 Å². The number of hydrogen-bond donors (Lipinski definition) is 2. The fourth-order valence-electron chi connectivity index (χ4n) is 1.07. The lowest BCUT2D eigenvalue weighted by molar-refractivity contribution is 0.210. The van der Waals surface area contributed by atoms with Gasteiger partial charge in [0.2, 0.25) is 11.7 Å². The molecule has 0 aliphatic rings. The number of primary amides is 1. The Morgan fingerprint density at radius 3 is 2.94 bits per heavy atom. The molecule has 0 fully saturated rings. The van der Waals surface area contributed by atoms with Gasteiger partial charge >= 0.3 is 6.09 Å². The first-order valence-corrected chi connectivity index (χ1v) is 4.23. The van der Waals surface area contributed by atoms with Gasteiger partial charge in [0, 0.05) is 12.4 Å². The maximum atomic E-state index is 11.4. The van der Waals surface area contributed by atoms with Crippen LogP contribution in [0.15, 0.2) is 29.5 Å². The highest BCUT2D eigenvalue weighted by atomic mass is 16.5. The summed E-state index contributed by atoms with van der Waals surface area (Å²) in [5.74, 6) is -0.0461. The summed E-state index contributed by atoms with van der Waals surface area (Å²) >= 11 is 0. The molecule has 8 nitrogen and oxygen atoms in total. The van der Waals surface area contributed by atoms with Crippen molar-refractivity contribution in [3.05, 3.63) is 35.0 Å². The van der Waals surface area contributed by atoms with Gasteiger partial charge in [0.15, 0.2) is 0 Å². The van der Waals surface area contributed by atoms with Crippen LogP contribution in [-0.4, -0.2) is 25.8 Å². The predicted molar refractivity (Wildman–Crippen MR) is 52.2 cm³/mol. The number of aromatic amines is 1. The molecule has 2 aromatic heterocycles. The number of nitrogens with zero attached hydrogens (tertiary/aromatic N) is 3. The highest BCUT2D eigenvalue weighted by molar-refractivity contribution is 5.67. The van der Waals surface area contributed by atoms with E-state index in [0.29, 0.717) is 0 Å². The number of rotatable bonds is 2. The Morgan fingerprint density at radius 1 is 1.56 bits per heavy atom. The van der Waals surface area contributed by atoms with Crippen molar-refractivity contribution in [3.63, 3.8) is 0 Å². The highest BCUT2D eigenvalue weighted by Gasteiger charge is 2.07.